The summed E-state index contributed by atoms with van der Waals surface area (Å²) in [6.07, 6.45) is 3.11. The van der Waals surface area contributed by atoms with Gasteiger partial charge in [-0.05, 0) is 75.0 Å². The molecule has 8 heteroatoms. The standard InChI is InChI=1S/C33H57NO7/c1-22(2)26(16-24-11-13-31(38-8)32(17-24)39-15-9-14-37-7)18-28(34)30(36)19-27(23(3)4)29(35)12-10-25-20-40-33(5,6)41-21-25/h11,13,17,22-23,25-28,30,36H,9-10,12,14-16,18-21,34H2,1-8H3/t26-,27-,28-,30-/m0/s1. The number of ether oxygens (including phenoxy) is 5. The minimum absolute atomic E-state index is 0.129. The Hall–Kier alpha value is -1.71. The van der Waals surface area contributed by atoms with E-state index in [2.05, 4.69) is 19.9 Å². The maximum atomic E-state index is 13.2. The monoisotopic (exact) mass is 579 g/mol. The van der Waals surface area contributed by atoms with Gasteiger partial charge in [0, 0.05) is 44.4 Å². The van der Waals surface area contributed by atoms with E-state index < -0.39 is 17.9 Å². The van der Waals surface area contributed by atoms with Crippen molar-refractivity contribution in [2.45, 2.75) is 98.0 Å². The lowest BCUT2D eigenvalue weighted by molar-refractivity contribution is -0.262. The van der Waals surface area contributed by atoms with E-state index in [4.69, 9.17) is 29.4 Å². The predicted molar refractivity (Wildman–Crippen MR) is 162 cm³/mol. The van der Waals surface area contributed by atoms with Crippen molar-refractivity contribution in [3.8, 4) is 11.5 Å². The number of hydrogen-bond acceptors (Lipinski definition) is 8. The summed E-state index contributed by atoms with van der Waals surface area (Å²) in [6, 6.07) is 5.63. The molecule has 3 N–H and O–H groups in total. The molecule has 2 rings (SSSR count). The number of ketones is 1. The zero-order valence-electron chi connectivity index (χ0n) is 26.8. The molecule has 8 nitrogen and oxygen atoms in total. The van der Waals surface area contributed by atoms with Gasteiger partial charge in [-0.2, -0.15) is 0 Å². The summed E-state index contributed by atoms with van der Waals surface area (Å²) in [5.74, 6) is 1.81. The van der Waals surface area contributed by atoms with Gasteiger partial charge in [-0.25, -0.2) is 0 Å². The van der Waals surface area contributed by atoms with Crippen LogP contribution in [0, 0.1) is 29.6 Å². The first-order chi connectivity index (χ1) is 19.4. The normalized spacial score (nSPS) is 18.7. The molecule has 0 radical (unpaired) electrons. The maximum Gasteiger partial charge on any atom is 0.162 e. The number of aliphatic hydroxyl groups is 1. The van der Waals surface area contributed by atoms with Gasteiger partial charge in [-0.15, -0.1) is 0 Å². The maximum absolute atomic E-state index is 13.2. The van der Waals surface area contributed by atoms with Crippen LogP contribution in [0.25, 0.3) is 0 Å². The van der Waals surface area contributed by atoms with Crippen LogP contribution >= 0.6 is 0 Å². The number of hydrogen-bond donors (Lipinski definition) is 2. The molecule has 0 unspecified atom stereocenters. The van der Waals surface area contributed by atoms with Crippen molar-refractivity contribution in [1.82, 2.24) is 0 Å². The molecule has 0 amide bonds. The molecule has 1 aliphatic rings. The number of carbonyl (C=O) groups is 1. The van der Waals surface area contributed by atoms with Crippen molar-refractivity contribution in [1.29, 1.82) is 0 Å². The van der Waals surface area contributed by atoms with Crippen molar-refractivity contribution >= 4 is 5.78 Å². The second-order valence-electron chi connectivity index (χ2n) is 12.8. The fraction of sp³-hybridized carbons (Fsp3) is 0.788. The molecular formula is C33H57NO7. The lowest BCUT2D eigenvalue weighted by Gasteiger charge is -2.35. The van der Waals surface area contributed by atoms with Crippen LogP contribution in [-0.4, -0.2) is 69.5 Å². The Labute approximate surface area is 248 Å². The van der Waals surface area contributed by atoms with Crippen LogP contribution in [0.4, 0.5) is 0 Å². The Balaban J connectivity index is 1.96. The highest BCUT2D eigenvalue weighted by Crippen LogP contribution is 2.32. The molecule has 0 spiro atoms. The van der Waals surface area contributed by atoms with Crippen molar-refractivity contribution < 1.29 is 33.6 Å². The van der Waals surface area contributed by atoms with Gasteiger partial charge < -0.3 is 34.5 Å². The summed E-state index contributed by atoms with van der Waals surface area (Å²) in [5.41, 5.74) is 7.73. The molecule has 0 aromatic heterocycles. The fourth-order valence-electron chi connectivity index (χ4n) is 5.38. The van der Waals surface area contributed by atoms with Gasteiger partial charge in [0.15, 0.2) is 17.3 Å². The van der Waals surface area contributed by atoms with Crippen LogP contribution in [0.5, 0.6) is 11.5 Å². The van der Waals surface area contributed by atoms with E-state index in [9.17, 15) is 9.90 Å². The summed E-state index contributed by atoms with van der Waals surface area (Å²) >= 11 is 0. The van der Waals surface area contributed by atoms with E-state index in [1.165, 1.54) is 0 Å². The highest BCUT2D eigenvalue weighted by Gasteiger charge is 2.32. The molecule has 0 bridgehead atoms. The van der Waals surface area contributed by atoms with Crippen LogP contribution in [0.15, 0.2) is 18.2 Å². The largest absolute Gasteiger partial charge is 0.493 e. The zero-order valence-corrected chi connectivity index (χ0v) is 26.8. The van der Waals surface area contributed by atoms with Gasteiger partial charge in [-0.1, -0.05) is 33.8 Å². The third kappa shape index (κ3) is 12.2. The highest BCUT2D eigenvalue weighted by molar-refractivity contribution is 5.81. The van der Waals surface area contributed by atoms with Crippen LogP contribution in [0.1, 0.15) is 79.2 Å². The van der Waals surface area contributed by atoms with Gasteiger partial charge in [-0.3, -0.25) is 4.79 Å². The molecule has 0 aliphatic carbocycles. The third-order valence-corrected chi connectivity index (χ3v) is 8.33. The number of carbonyl (C=O) groups excluding carboxylic acids is 1. The minimum Gasteiger partial charge on any atom is -0.493 e. The van der Waals surface area contributed by atoms with E-state index in [1.54, 1.807) is 14.2 Å². The van der Waals surface area contributed by atoms with Crippen LogP contribution in [0.2, 0.25) is 0 Å². The molecule has 1 aliphatic heterocycles. The molecule has 41 heavy (non-hydrogen) atoms. The summed E-state index contributed by atoms with van der Waals surface area (Å²) in [5, 5.41) is 11.1. The number of Topliss-reactive ketones (excluding diaryl/α,β-unsaturated/α-hetero) is 1. The van der Waals surface area contributed by atoms with Gasteiger partial charge >= 0.3 is 0 Å². The number of nitrogens with two attached hydrogens (primary N) is 1. The Bertz CT molecular complexity index is 894. The number of rotatable bonds is 19. The number of aliphatic hydroxyl groups excluding tert-OH is 1. The SMILES string of the molecule is COCCCOc1cc(C[C@@H](C[C@H](N)[C@@H](O)C[C@H](C(=O)CCC2COC(C)(C)OC2)C(C)C)C(C)C)ccc1OC. The second-order valence-corrected chi connectivity index (χ2v) is 12.8. The quantitative estimate of drug-likeness (QED) is 0.209. The first-order valence-electron chi connectivity index (χ1n) is 15.4. The molecule has 1 heterocycles. The number of benzene rings is 1. The molecule has 1 aromatic carbocycles. The van der Waals surface area contributed by atoms with Gasteiger partial charge in [0.05, 0.1) is 33.0 Å². The first-order valence-corrected chi connectivity index (χ1v) is 15.4. The fourth-order valence-corrected chi connectivity index (χ4v) is 5.38. The summed E-state index contributed by atoms with van der Waals surface area (Å²) in [6.45, 7) is 14.7. The Morgan fingerprint density at radius 1 is 1.05 bits per heavy atom. The molecule has 4 atom stereocenters. The molecule has 0 saturated carbocycles. The van der Waals surface area contributed by atoms with Gasteiger partial charge in [0.1, 0.15) is 5.78 Å². The zero-order chi connectivity index (χ0) is 30.6. The van der Waals surface area contributed by atoms with Gasteiger partial charge in [0.2, 0.25) is 0 Å². The van der Waals surface area contributed by atoms with Crippen molar-refractivity contribution in [2.75, 3.05) is 40.6 Å². The van der Waals surface area contributed by atoms with E-state index in [0.717, 1.165) is 30.6 Å². The Morgan fingerprint density at radius 2 is 1.73 bits per heavy atom. The third-order valence-electron chi connectivity index (χ3n) is 8.33. The summed E-state index contributed by atoms with van der Waals surface area (Å²) in [4.78, 5) is 13.2. The lowest BCUT2D eigenvalue weighted by Crippen LogP contribution is -2.41. The Morgan fingerprint density at radius 3 is 2.32 bits per heavy atom. The lowest BCUT2D eigenvalue weighted by atomic mass is 9.79. The van der Waals surface area contributed by atoms with Crippen LogP contribution in [0.3, 0.4) is 0 Å². The van der Waals surface area contributed by atoms with E-state index in [1.807, 2.05) is 39.8 Å². The highest BCUT2D eigenvalue weighted by atomic mass is 16.7. The molecule has 1 fully saturated rings. The summed E-state index contributed by atoms with van der Waals surface area (Å²) < 4.78 is 28.1. The van der Waals surface area contributed by atoms with Crippen molar-refractivity contribution in [3.05, 3.63) is 23.8 Å². The smallest absolute Gasteiger partial charge is 0.162 e. The molecule has 1 saturated heterocycles. The van der Waals surface area contributed by atoms with Crippen molar-refractivity contribution in [2.24, 2.45) is 35.3 Å². The Kier molecular flexibility index (Phi) is 15.1. The average molecular weight is 580 g/mol. The van der Waals surface area contributed by atoms with Crippen LogP contribution < -0.4 is 15.2 Å². The minimum atomic E-state index is -0.745. The second kappa shape index (κ2) is 17.4. The van der Waals surface area contributed by atoms with Crippen molar-refractivity contribution in [3.63, 3.8) is 0 Å². The predicted octanol–water partition coefficient (Wildman–Crippen LogP) is 5.41. The molecule has 1 aromatic rings. The molecular weight excluding hydrogens is 522 g/mol. The van der Waals surface area contributed by atoms with E-state index in [0.29, 0.717) is 57.4 Å². The van der Waals surface area contributed by atoms with Gasteiger partial charge in [0.25, 0.3) is 0 Å². The molecule has 236 valence electrons. The van der Waals surface area contributed by atoms with E-state index in [-0.39, 0.29) is 29.5 Å². The number of methoxy groups -OCH3 is 2. The average Bonchev–Trinajstić information content (AvgIpc) is 2.92. The van der Waals surface area contributed by atoms with Crippen LogP contribution in [-0.2, 0) is 25.4 Å². The topological polar surface area (TPSA) is 109 Å². The first kappa shape index (κ1) is 35.5. The summed E-state index contributed by atoms with van der Waals surface area (Å²) in [7, 11) is 3.32. The van der Waals surface area contributed by atoms with E-state index >= 15 is 0 Å².